The predicted molar refractivity (Wildman–Crippen MR) is 75.0 cm³/mol. The van der Waals surface area contributed by atoms with E-state index in [1.807, 2.05) is 37.1 Å². The summed E-state index contributed by atoms with van der Waals surface area (Å²) in [5.74, 6) is 0.353. The van der Waals surface area contributed by atoms with Crippen LogP contribution in [0.3, 0.4) is 0 Å². The third-order valence-corrected chi connectivity index (χ3v) is 3.31. The van der Waals surface area contributed by atoms with Gasteiger partial charge >= 0.3 is 0 Å². The summed E-state index contributed by atoms with van der Waals surface area (Å²) in [6.45, 7) is 6.53. The molecule has 100 valence electrons. The smallest absolute Gasteiger partial charge is 0.226 e. The molecule has 0 fully saturated rings. The molecular weight excluding hydrogens is 224 g/mol. The second-order valence-corrected chi connectivity index (χ2v) is 5.19. The minimum absolute atomic E-state index is 0.104. The molecule has 1 amide bonds. The summed E-state index contributed by atoms with van der Waals surface area (Å²) in [6.07, 6.45) is 0. The molecular formula is C15H24N2O. The van der Waals surface area contributed by atoms with Crippen LogP contribution in [0.25, 0.3) is 0 Å². The van der Waals surface area contributed by atoms with Crippen molar-refractivity contribution in [3.05, 3.63) is 35.9 Å². The molecule has 1 rings (SSSR count). The number of carbonyl (C=O) groups excluding carboxylic acids is 1. The van der Waals surface area contributed by atoms with Crippen molar-refractivity contribution < 1.29 is 4.79 Å². The normalized spacial score (nSPS) is 14.3. The third kappa shape index (κ3) is 3.33. The average Bonchev–Trinajstić information content (AvgIpc) is 2.37. The number of nitrogens with two attached hydrogens (primary N) is 1. The van der Waals surface area contributed by atoms with Gasteiger partial charge in [-0.25, -0.2) is 0 Å². The van der Waals surface area contributed by atoms with Crippen molar-refractivity contribution in [1.82, 2.24) is 4.90 Å². The summed E-state index contributed by atoms with van der Waals surface area (Å²) in [5, 5.41) is 0. The maximum Gasteiger partial charge on any atom is 0.226 e. The van der Waals surface area contributed by atoms with Crippen molar-refractivity contribution in [2.24, 2.45) is 17.6 Å². The van der Waals surface area contributed by atoms with Crippen LogP contribution in [0.15, 0.2) is 30.3 Å². The third-order valence-electron chi connectivity index (χ3n) is 3.31. The predicted octanol–water partition coefficient (Wildman–Crippen LogP) is 2.44. The van der Waals surface area contributed by atoms with Crippen molar-refractivity contribution in [3.63, 3.8) is 0 Å². The molecule has 2 unspecified atom stereocenters. The van der Waals surface area contributed by atoms with Crippen molar-refractivity contribution in [3.8, 4) is 0 Å². The Hall–Kier alpha value is -1.35. The molecule has 0 bridgehead atoms. The highest BCUT2D eigenvalue weighted by Gasteiger charge is 2.26. The number of benzene rings is 1. The summed E-state index contributed by atoms with van der Waals surface area (Å²) in [6, 6.07) is 10.3. The highest BCUT2D eigenvalue weighted by molar-refractivity contribution is 5.79. The molecule has 0 aliphatic heterocycles. The van der Waals surface area contributed by atoms with Crippen molar-refractivity contribution in [1.29, 1.82) is 0 Å². The minimum Gasteiger partial charge on any atom is -0.338 e. The highest BCUT2D eigenvalue weighted by Crippen LogP contribution is 2.28. The Kier molecular flexibility index (Phi) is 5.35. The number of hydrogen-bond acceptors (Lipinski definition) is 2. The molecule has 2 atom stereocenters. The fraction of sp³-hybridized carbons (Fsp3) is 0.533. The maximum atomic E-state index is 12.2. The van der Waals surface area contributed by atoms with Gasteiger partial charge in [-0.1, -0.05) is 51.1 Å². The van der Waals surface area contributed by atoms with E-state index in [9.17, 15) is 4.79 Å². The second-order valence-electron chi connectivity index (χ2n) is 5.19. The van der Waals surface area contributed by atoms with Crippen LogP contribution in [-0.2, 0) is 4.79 Å². The van der Waals surface area contributed by atoms with E-state index < -0.39 is 0 Å². The van der Waals surface area contributed by atoms with Crippen LogP contribution in [0.4, 0.5) is 0 Å². The van der Waals surface area contributed by atoms with Gasteiger partial charge in [0, 0.05) is 19.5 Å². The van der Waals surface area contributed by atoms with Crippen LogP contribution in [0.2, 0.25) is 0 Å². The van der Waals surface area contributed by atoms with E-state index in [0.717, 1.165) is 0 Å². The van der Waals surface area contributed by atoms with Crippen molar-refractivity contribution in [2.45, 2.75) is 26.8 Å². The van der Waals surface area contributed by atoms with Gasteiger partial charge in [-0.05, 0) is 11.5 Å². The van der Waals surface area contributed by atoms with Gasteiger partial charge in [0.15, 0.2) is 0 Å². The van der Waals surface area contributed by atoms with Crippen LogP contribution in [0, 0.1) is 11.8 Å². The zero-order valence-electron chi connectivity index (χ0n) is 11.8. The van der Waals surface area contributed by atoms with Crippen LogP contribution in [0.5, 0.6) is 0 Å². The number of carbonyl (C=O) groups is 1. The lowest BCUT2D eigenvalue weighted by Crippen LogP contribution is -2.39. The highest BCUT2D eigenvalue weighted by atomic mass is 16.2. The lowest BCUT2D eigenvalue weighted by atomic mass is 9.94. The molecule has 3 nitrogen and oxygen atoms in total. The molecule has 0 saturated heterocycles. The first-order chi connectivity index (χ1) is 8.49. The van der Waals surface area contributed by atoms with Gasteiger partial charge in [-0.3, -0.25) is 4.79 Å². The maximum absolute atomic E-state index is 12.2. The Balaban J connectivity index is 2.96. The molecule has 1 aromatic rings. The van der Waals surface area contributed by atoms with Gasteiger partial charge in [-0.15, -0.1) is 0 Å². The first-order valence-corrected chi connectivity index (χ1v) is 6.50. The fourth-order valence-corrected chi connectivity index (χ4v) is 2.29. The molecule has 2 N–H and O–H groups in total. The Labute approximate surface area is 110 Å². The van der Waals surface area contributed by atoms with E-state index >= 15 is 0 Å². The summed E-state index contributed by atoms with van der Waals surface area (Å²) >= 11 is 0. The Morgan fingerprint density at radius 2 is 1.78 bits per heavy atom. The standard InChI is InChI=1S/C15H24N2O/c1-11(2)14(13-8-6-5-7-9-13)17(4)15(18)12(3)10-16/h5-9,11-12,14H,10,16H2,1-4H3. The van der Waals surface area contributed by atoms with E-state index in [-0.39, 0.29) is 17.9 Å². The SMILES string of the molecule is CC(CN)C(=O)N(C)C(c1ccccc1)C(C)C. The summed E-state index contributed by atoms with van der Waals surface area (Å²) in [7, 11) is 1.87. The molecule has 18 heavy (non-hydrogen) atoms. The molecule has 0 saturated carbocycles. The second kappa shape index (κ2) is 6.55. The Morgan fingerprint density at radius 3 is 2.22 bits per heavy atom. The van der Waals surface area contributed by atoms with Gasteiger partial charge in [0.1, 0.15) is 0 Å². The monoisotopic (exact) mass is 248 g/mol. The number of nitrogens with zero attached hydrogens (tertiary/aromatic N) is 1. The minimum atomic E-state index is -0.125. The lowest BCUT2D eigenvalue weighted by Gasteiger charge is -2.33. The number of hydrogen-bond donors (Lipinski definition) is 1. The summed E-state index contributed by atoms with van der Waals surface area (Å²) < 4.78 is 0. The van der Waals surface area contributed by atoms with Gasteiger partial charge in [0.25, 0.3) is 0 Å². The zero-order valence-corrected chi connectivity index (χ0v) is 11.8. The average molecular weight is 248 g/mol. The van der Waals surface area contributed by atoms with Gasteiger partial charge in [0.05, 0.1) is 6.04 Å². The van der Waals surface area contributed by atoms with E-state index in [1.54, 1.807) is 0 Å². The first kappa shape index (κ1) is 14.7. The molecule has 3 heteroatoms. The Bertz CT molecular complexity index is 375. The molecule has 0 heterocycles. The van der Waals surface area contributed by atoms with Gasteiger partial charge in [-0.2, -0.15) is 0 Å². The molecule has 0 spiro atoms. The number of rotatable bonds is 5. The first-order valence-electron chi connectivity index (χ1n) is 6.50. The van der Waals surface area contributed by atoms with E-state index in [1.165, 1.54) is 5.56 Å². The molecule has 0 aromatic heterocycles. The molecule has 0 aliphatic carbocycles. The summed E-state index contributed by atoms with van der Waals surface area (Å²) in [5.41, 5.74) is 6.75. The van der Waals surface area contributed by atoms with Crippen molar-refractivity contribution in [2.75, 3.05) is 13.6 Å². The molecule has 0 radical (unpaired) electrons. The Morgan fingerprint density at radius 1 is 1.22 bits per heavy atom. The van der Waals surface area contributed by atoms with Crippen LogP contribution < -0.4 is 5.73 Å². The van der Waals surface area contributed by atoms with Crippen LogP contribution in [0.1, 0.15) is 32.4 Å². The van der Waals surface area contributed by atoms with Crippen LogP contribution in [-0.4, -0.2) is 24.4 Å². The van der Waals surface area contributed by atoms with Crippen molar-refractivity contribution >= 4 is 5.91 Å². The zero-order chi connectivity index (χ0) is 13.7. The lowest BCUT2D eigenvalue weighted by molar-refractivity contribution is -0.136. The fourth-order valence-electron chi connectivity index (χ4n) is 2.29. The molecule has 1 aromatic carbocycles. The molecule has 0 aliphatic rings. The van der Waals surface area contributed by atoms with E-state index in [2.05, 4.69) is 26.0 Å². The van der Waals surface area contributed by atoms with Gasteiger partial charge in [0.2, 0.25) is 5.91 Å². The quantitative estimate of drug-likeness (QED) is 0.870. The largest absolute Gasteiger partial charge is 0.338 e. The summed E-state index contributed by atoms with van der Waals surface area (Å²) in [4.78, 5) is 14.1. The van der Waals surface area contributed by atoms with E-state index in [0.29, 0.717) is 12.5 Å². The van der Waals surface area contributed by atoms with Crippen LogP contribution >= 0.6 is 0 Å². The van der Waals surface area contributed by atoms with Gasteiger partial charge < -0.3 is 10.6 Å². The number of amides is 1. The van der Waals surface area contributed by atoms with E-state index in [4.69, 9.17) is 5.73 Å². The topological polar surface area (TPSA) is 46.3 Å².